The van der Waals surface area contributed by atoms with Crippen molar-refractivity contribution >= 4 is 28.6 Å². The summed E-state index contributed by atoms with van der Waals surface area (Å²) in [6.07, 6.45) is -4.77. The van der Waals surface area contributed by atoms with Crippen molar-refractivity contribution in [2.75, 3.05) is 37.1 Å². The first-order chi connectivity index (χ1) is 26.8. The predicted octanol–water partition coefficient (Wildman–Crippen LogP) is 8.73. The molecule has 1 amide bonds. The number of carbonyl (C=O) groups is 1. The number of halogens is 5. The lowest BCUT2D eigenvalue weighted by Gasteiger charge is -2.40. The summed E-state index contributed by atoms with van der Waals surface area (Å²) in [6, 6.07) is 16.8. The number of piperazine rings is 1. The molecule has 56 heavy (non-hydrogen) atoms. The molecule has 2 aromatic heterocycles. The van der Waals surface area contributed by atoms with E-state index in [1.165, 1.54) is 17.9 Å². The van der Waals surface area contributed by atoms with Crippen LogP contribution in [0.2, 0.25) is 0 Å². The van der Waals surface area contributed by atoms with Gasteiger partial charge in [-0.15, -0.1) is 0 Å². The molecule has 1 N–H and O–H groups in total. The largest absolute Gasteiger partial charge is 0.497 e. The summed E-state index contributed by atoms with van der Waals surface area (Å²) in [7, 11) is 3.10. The quantitative estimate of drug-likeness (QED) is 0.110. The second kappa shape index (κ2) is 14.4. The van der Waals surface area contributed by atoms with Crippen LogP contribution in [-0.4, -0.2) is 70.4 Å². The van der Waals surface area contributed by atoms with E-state index in [9.17, 15) is 9.90 Å². The number of alkyl halides is 3. The van der Waals surface area contributed by atoms with Crippen LogP contribution in [0.3, 0.4) is 0 Å². The monoisotopic (exact) mass is 774 g/mol. The predicted molar refractivity (Wildman–Crippen MR) is 199 cm³/mol. The molecular formula is C41H39F5N6O4. The summed E-state index contributed by atoms with van der Waals surface area (Å²) in [5.74, 6) is 0.146. The number of anilines is 2. The molecule has 3 fully saturated rings. The van der Waals surface area contributed by atoms with Gasteiger partial charge in [-0.3, -0.25) is 4.90 Å². The number of amides is 1. The number of methoxy groups -OCH3 is 2. The topological polar surface area (TPSA) is 104 Å². The zero-order valence-corrected chi connectivity index (χ0v) is 30.9. The van der Waals surface area contributed by atoms with Gasteiger partial charge in [0, 0.05) is 37.1 Å². The lowest BCUT2D eigenvalue weighted by atomic mass is 9.92. The Hall–Kier alpha value is -5.73. The lowest BCUT2D eigenvalue weighted by molar-refractivity contribution is -0.137. The first-order valence-electron chi connectivity index (χ1n) is 18.4. The highest BCUT2D eigenvalue weighted by Crippen LogP contribution is 2.50. The Morgan fingerprint density at radius 2 is 1.43 bits per heavy atom. The molecule has 2 bridgehead atoms. The minimum absolute atomic E-state index is 0.0842. The zero-order chi connectivity index (χ0) is 39.5. The number of pyridine rings is 1. The van der Waals surface area contributed by atoms with Crippen LogP contribution in [0.5, 0.6) is 11.5 Å². The van der Waals surface area contributed by atoms with E-state index < -0.39 is 40.9 Å². The van der Waals surface area contributed by atoms with Gasteiger partial charge in [-0.25, -0.2) is 14.2 Å². The van der Waals surface area contributed by atoms with Crippen LogP contribution < -0.4 is 19.3 Å². The van der Waals surface area contributed by atoms with Gasteiger partial charge >= 0.3 is 18.3 Å². The third-order valence-electron chi connectivity index (χ3n) is 11.0. The maximum atomic E-state index is 17.3. The Kier molecular flexibility index (Phi) is 9.57. The molecule has 0 spiro atoms. The molecule has 8 rings (SSSR count). The molecule has 2 aliphatic heterocycles. The molecule has 2 saturated heterocycles. The average Bonchev–Trinajstić information content (AvgIpc) is 3.98. The number of benzene rings is 3. The molecule has 5 aromatic rings. The number of hydrogen-bond acceptors (Lipinski definition) is 8. The summed E-state index contributed by atoms with van der Waals surface area (Å²) in [6.45, 7) is 2.21. The van der Waals surface area contributed by atoms with Gasteiger partial charge in [0.05, 0.1) is 37.6 Å². The van der Waals surface area contributed by atoms with Crippen LogP contribution in [0, 0.1) is 18.8 Å². The Bertz CT molecular complexity index is 2240. The van der Waals surface area contributed by atoms with E-state index in [1.807, 2.05) is 29.2 Å². The van der Waals surface area contributed by atoms with Crippen molar-refractivity contribution in [1.82, 2.24) is 19.9 Å². The first kappa shape index (κ1) is 37.2. The van der Waals surface area contributed by atoms with Crippen molar-refractivity contribution in [2.45, 2.75) is 69.9 Å². The molecule has 3 aromatic carbocycles. The molecule has 292 valence electrons. The van der Waals surface area contributed by atoms with Gasteiger partial charge < -0.3 is 24.4 Å². The van der Waals surface area contributed by atoms with E-state index in [0.29, 0.717) is 42.7 Å². The number of aryl methyl sites for hydroxylation is 1. The highest BCUT2D eigenvalue weighted by Gasteiger charge is 2.44. The van der Waals surface area contributed by atoms with Crippen LogP contribution in [0.4, 0.5) is 38.4 Å². The summed E-state index contributed by atoms with van der Waals surface area (Å²) in [5, 5.41) is 9.94. The smallest absolute Gasteiger partial charge is 0.418 e. The molecule has 2 atom stereocenters. The lowest BCUT2D eigenvalue weighted by Crippen LogP contribution is -2.55. The number of rotatable bonds is 10. The molecule has 4 heterocycles. The standard InChI is InChI=1S/C41H39F5N6O4/c1-22-16-32(50(18-23-4-12-28(55-2)13-5-23)19-24-6-14-29(56-3)15-7-24)47-37(34(22)41(44,45)46)33-30(25-8-9-25)17-31-36(35(33)42)48-39(43)49-38(31)51-20-26-10-11-27(21-51)52(26)40(53)54/h4-7,12-17,25-27H,8-11,18-21H2,1-3H3,(H,53,54). The van der Waals surface area contributed by atoms with E-state index >= 15 is 22.0 Å². The Morgan fingerprint density at radius 1 is 0.857 bits per heavy atom. The number of hydrogen-bond donors (Lipinski definition) is 1. The summed E-state index contributed by atoms with van der Waals surface area (Å²) in [5.41, 5.74) is -0.721. The van der Waals surface area contributed by atoms with Crippen LogP contribution in [-0.2, 0) is 19.3 Å². The third kappa shape index (κ3) is 6.98. The maximum absolute atomic E-state index is 17.3. The molecule has 10 nitrogen and oxygen atoms in total. The first-order valence-corrected chi connectivity index (χ1v) is 18.4. The molecular weight excluding hydrogens is 735 g/mol. The normalized spacial score (nSPS) is 18.1. The van der Waals surface area contributed by atoms with Crippen molar-refractivity contribution in [3.8, 4) is 22.8 Å². The molecule has 1 saturated carbocycles. The SMILES string of the molecule is COc1ccc(CN(Cc2ccc(OC)cc2)c2cc(C)c(C(F)(F)F)c(-c3c(C4CC4)cc4c(N5CC6CCC(C5)N6C(=O)O)nc(F)nc4c3F)n2)cc1. The van der Waals surface area contributed by atoms with Crippen molar-refractivity contribution in [3.05, 3.63) is 100 Å². The summed E-state index contributed by atoms with van der Waals surface area (Å²) < 4.78 is 88.8. The number of aromatic nitrogens is 3. The van der Waals surface area contributed by atoms with Gasteiger partial charge in [-0.1, -0.05) is 24.3 Å². The van der Waals surface area contributed by atoms with Crippen LogP contribution in [0.25, 0.3) is 22.2 Å². The number of fused-ring (bicyclic) bond motifs is 3. The molecule has 2 unspecified atom stereocenters. The van der Waals surface area contributed by atoms with E-state index in [2.05, 4.69) is 15.0 Å². The van der Waals surface area contributed by atoms with Gasteiger partial charge in [0.1, 0.15) is 28.7 Å². The van der Waals surface area contributed by atoms with Gasteiger partial charge in [0.25, 0.3) is 0 Å². The Labute approximate surface area is 319 Å². The fraction of sp³-hybridized carbons (Fsp3) is 0.366. The van der Waals surface area contributed by atoms with Gasteiger partial charge in [0.15, 0.2) is 5.82 Å². The highest BCUT2D eigenvalue weighted by atomic mass is 19.4. The average molecular weight is 775 g/mol. The Morgan fingerprint density at radius 3 is 1.93 bits per heavy atom. The van der Waals surface area contributed by atoms with Gasteiger partial charge in [-0.05, 0) is 97.2 Å². The summed E-state index contributed by atoms with van der Waals surface area (Å²) >= 11 is 0. The summed E-state index contributed by atoms with van der Waals surface area (Å²) in [4.78, 5) is 29.5. The van der Waals surface area contributed by atoms with Crippen LogP contribution >= 0.6 is 0 Å². The van der Waals surface area contributed by atoms with Crippen LogP contribution in [0.15, 0.2) is 60.7 Å². The van der Waals surface area contributed by atoms with E-state index in [4.69, 9.17) is 9.47 Å². The minimum atomic E-state index is -4.92. The number of carboxylic acid groups (broad SMARTS) is 1. The molecule has 3 aliphatic rings. The van der Waals surface area contributed by atoms with Crippen molar-refractivity contribution in [1.29, 1.82) is 0 Å². The van der Waals surface area contributed by atoms with Gasteiger partial charge in [0.2, 0.25) is 0 Å². The van der Waals surface area contributed by atoms with Crippen molar-refractivity contribution in [3.63, 3.8) is 0 Å². The van der Waals surface area contributed by atoms with E-state index in [1.54, 1.807) is 49.5 Å². The second-order valence-electron chi connectivity index (χ2n) is 14.7. The maximum Gasteiger partial charge on any atom is 0.418 e. The van der Waals surface area contributed by atoms with E-state index in [-0.39, 0.29) is 72.3 Å². The fourth-order valence-electron chi connectivity index (χ4n) is 8.27. The molecule has 0 radical (unpaired) electrons. The van der Waals surface area contributed by atoms with Crippen LogP contribution in [0.1, 0.15) is 59.4 Å². The number of nitrogens with zero attached hydrogens (tertiary/aromatic N) is 6. The van der Waals surface area contributed by atoms with E-state index in [0.717, 1.165) is 11.1 Å². The molecule has 15 heteroatoms. The zero-order valence-electron chi connectivity index (χ0n) is 30.9. The minimum Gasteiger partial charge on any atom is -0.497 e. The molecule has 1 aliphatic carbocycles. The van der Waals surface area contributed by atoms with Crippen molar-refractivity contribution < 1.29 is 41.3 Å². The van der Waals surface area contributed by atoms with Crippen molar-refractivity contribution in [2.24, 2.45) is 0 Å². The third-order valence-corrected chi connectivity index (χ3v) is 11.0. The highest BCUT2D eigenvalue weighted by molar-refractivity contribution is 5.95. The van der Waals surface area contributed by atoms with Gasteiger partial charge in [-0.2, -0.15) is 27.5 Å². The Balaban J connectivity index is 1.29. The number of ether oxygens (including phenoxy) is 2. The second-order valence-corrected chi connectivity index (χ2v) is 14.7. The fourth-order valence-corrected chi connectivity index (χ4v) is 8.27.